The van der Waals surface area contributed by atoms with Gasteiger partial charge in [0.05, 0.1) is 12.7 Å². The fraction of sp³-hybridized carbons (Fsp3) is 0.400. The van der Waals surface area contributed by atoms with Crippen LogP contribution in [-0.4, -0.2) is 36.2 Å². The molecule has 32 heavy (non-hydrogen) atoms. The highest BCUT2D eigenvalue weighted by Gasteiger charge is 2.46. The van der Waals surface area contributed by atoms with Crippen LogP contribution in [0.2, 0.25) is 0 Å². The summed E-state index contributed by atoms with van der Waals surface area (Å²) in [6, 6.07) is 14.9. The molecule has 0 atom stereocenters. The number of hydrogen-bond acceptors (Lipinski definition) is 5. The molecule has 7 nitrogen and oxygen atoms in total. The van der Waals surface area contributed by atoms with E-state index in [-0.39, 0.29) is 11.9 Å². The third-order valence-electron chi connectivity index (χ3n) is 5.43. The first-order valence-electron chi connectivity index (χ1n) is 10.7. The molecule has 0 saturated heterocycles. The third kappa shape index (κ3) is 5.46. The van der Waals surface area contributed by atoms with Gasteiger partial charge in [0.25, 0.3) is 0 Å². The molecule has 0 unspecified atom stereocenters. The minimum absolute atomic E-state index is 0.213. The van der Waals surface area contributed by atoms with Gasteiger partial charge in [-0.2, -0.15) is 0 Å². The monoisotopic (exact) mass is 438 g/mol. The molecule has 170 valence electrons. The van der Waals surface area contributed by atoms with Crippen molar-refractivity contribution in [2.75, 3.05) is 7.11 Å². The van der Waals surface area contributed by atoms with Crippen LogP contribution in [0.3, 0.4) is 0 Å². The Labute approximate surface area is 188 Å². The lowest BCUT2D eigenvalue weighted by atomic mass is 9.76. The number of alkyl carbamates (subject to hydrolysis) is 1. The lowest BCUT2D eigenvalue weighted by molar-refractivity contribution is -0.131. The van der Waals surface area contributed by atoms with Crippen molar-refractivity contribution in [3.63, 3.8) is 0 Å². The molecular formula is C25H30N2O5. The minimum atomic E-state index is -0.915. The van der Waals surface area contributed by atoms with Gasteiger partial charge in [0.1, 0.15) is 11.1 Å². The van der Waals surface area contributed by atoms with Crippen molar-refractivity contribution in [1.82, 2.24) is 10.6 Å². The summed E-state index contributed by atoms with van der Waals surface area (Å²) in [6.07, 6.45) is 1.46. The van der Waals surface area contributed by atoms with Crippen LogP contribution in [0.25, 0.3) is 11.1 Å². The Balaban J connectivity index is 1.64. The number of carbonyl (C=O) groups is 3. The van der Waals surface area contributed by atoms with Crippen LogP contribution in [-0.2, 0) is 20.8 Å². The van der Waals surface area contributed by atoms with E-state index in [1.165, 1.54) is 7.11 Å². The van der Waals surface area contributed by atoms with Crippen molar-refractivity contribution >= 4 is 18.0 Å². The van der Waals surface area contributed by atoms with Gasteiger partial charge in [-0.3, -0.25) is 4.79 Å². The highest BCUT2D eigenvalue weighted by molar-refractivity contribution is 5.97. The van der Waals surface area contributed by atoms with Crippen LogP contribution in [0.1, 0.15) is 56.0 Å². The molecule has 0 bridgehead atoms. The zero-order valence-corrected chi connectivity index (χ0v) is 19.0. The molecule has 7 heteroatoms. The summed E-state index contributed by atoms with van der Waals surface area (Å²) < 4.78 is 10.2. The molecule has 1 fully saturated rings. The zero-order chi connectivity index (χ0) is 23.4. The van der Waals surface area contributed by atoms with Crippen molar-refractivity contribution in [2.45, 2.75) is 57.7 Å². The molecule has 1 aliphatic carbocycles. The Morgan fingerprint density at radius 3 is 2.22 bits per heavy atom. The first-order valence-corrected chi connectivity index (χ1v) is 10.7. The lowest BCUT2D eigenvalue weighted by Crippen LogP contribution is -2.63. The first kappa shape index (κ1) is 23.3. The molecule has 2 aromatic rings. The van der Waals surface area contributed by atoms with Gasteiger partial charge in [0, 0.05) is 6.54 Å². The smallest absolute Gasteiger partial charge is 0.408 e. The van der Waals surface area contributed by atoms with Crippen LogP contribution in [0.15, 0.2) is 48.5 Å². The van der Waals surface area contributed by atoms with E-state index in [1.807, 2.05) is 36.4 Å². The molecule has 1 aliphatic rings. The van der Waals surface area contributed by atoms with Crippen LogP contribution in [0, 0.1) is 0 Å². The predicted octanol–water partition coefficient (Wildman–Crippen LogP) is 4.20. The van der Waals surface area contributed by atoms with Gasteiger partial charge in [0.2, 0.25) is 5.91 Å². The molecule has 3 rings (SSSR count). The van der Waals surface area contributed by atoms with Crippen molar-refractivity contribution in [3.8, 4) is 11.1 Å². The van der Waals surface area contributed by atoms with E-state index < -0.39 is 17.2 Å². The predicted molar refractivity (Wildman–Crippen MR) is 121 cm³/mol. The minimum Gasteiger partial charge on any atom is -0.465 e. The number of rotatable bonds is 6. The lowest BCUT2D eigenvalue weighted by Gasteiger charge is -2.40. The molecular weight excluding hydrogens is 408 g/mol. The van der Waals surface area contributed by atoms with Crippen molar-refractivity contribution in [3.05, 3.63) is 59.7 Å². The maximum absolute atomic E-state index is 12.8. The molecule has 2 aromatic carbocycles. The molecule has 0 aromatic heterocycles. The van der Waals surface area contributed by atoms with Crippen molar-refractivity contribution < 1.29 is 23.9 Å². The third-order valence-corrected chi connectivity index (χ3v) is 5.43. The van der Waals surface area contributed by atoms with Crippen molar-refractivity contribution in [1.29, 1.82) is 0 Å². The summed E-state index contributed by atoms with van der Waals surface area (Å²) in [5.41, 5.74) is 1.52. The largest absolute Gasteiger partial charge is 0.465 e. The first-order chi connectivity index (χ1) is 15.1. The van der Waals surface area contributed by atoms with Crippen molar-refractivity contribution in [2.24, 2.45) is 0 Å². The van der Waals surface area contributed by atoms with Gasteiger partial charge in [-0.1, -0.05) is 42.5 Å². The number of methoxy groups -OCH3 is 1. The maximum Gasteiger partial charge on any atom is 0.408 e. The van der Waals surface area contributed by atoms with E-state index >= 15 is 0 Å². The normalized spacial score (nSPS) is 14.6. The van der Waals surface area contributed by atoms with Crippen LogP contribution in [0.4, 0.5) is 4.79 Å². The number of benzene rings is 2. The van der Waals surface area contributed by atoms with Gasteiger partial charge in [-0.05, 0) is 62.8 Å². The Bertz CT molecular complexity index is 988. The summed E-state index contributed by atoms with van der Waals surface area (Å²) in [4.78, 5) is 37.0. The Hall–Kier alpha value is -3.35. The van der Waals surface area contributed by atoms with E-state index in [9.17, 15) is 14.4 Å². The summed E-state index contributed by atoms with van der Waals surface area (Å²) in [7, 11) is 1.36. The zero-order valence-electron chi connectivity index (χ0n) is 19.0. The second kappa shape index (κ2) is 9.42. The van der Waals surface area contributed by atoms with Crippen LogP contribution >= 0.6 is 0 Å². The average Bonchev–Trinajstić information content (AvgIpc) is 2.73. The summed E-state index contributed by atoms with van der Waals surface area (Å²) in [6.45, 7) is 5.68. The van der Waals surface area contributed by atoms with E-state index in [4.69, 9.17) is 9.47 Å². The van der Waals surface area contributed by atoms with Gasteiger partial charge in [-0.25, -0.2) is 9.59 Å². The molecule has 0 heterocycles. The second-order valence-electron chi connectivity index (χ2n) is 8.98. The van der Waals surface area contributed by atoms with E-state index in [2.05, 4.69) is 10.6 Å². The quantitative estimate of drug-likeness (QED) is 0.659. The number of amides is 2. The van der Waals surface area contributed by atoms with E-state index in [0.717, 1.165) is 23.1 Å². The number of ether oxygens (including phenoxy) is 2. The molecule has 1 saturated carbocycles. The van der Waals surface area contributed by atoms with Crippen LogP contribution in [0.5, 0.6) is 0 Å². The van der Waals surface area contributed by atoms with Gasteiger partial charge in [0.15, 0.2) is 0 Å². The number of esters is 1. The standard InChI is InChI=1S/C25H30N2O5/c1-24(2,3)32-23(30)27-25(14-7-15-25)22(29)26-16-17-10-12-18(13-11-17)19-8-5-6-9-20(19)21(28)31-4/h5-6,8-13H,7,14-16H2,1-4H3,(H,26,29)(H,27,30). The number of carbonyl (C=O) groups excluding carboxylic acids is 3. The molecule has 0 spiro atoms. The summed E-state index contributed by atoms with van der Waals surface area (Å²) in [5, 5.41) is 5.68. The number of nitrogens with one attached hydrogen (secondary N) is 2. The summed E-state index contributed by atoms with van der Waals surface area (Å²) >= 11 is 0. The second-order valence-corrected chi connectivity index (χ2v) is 8.98. The van der Waals surface area contributed by atoms with Gasteiger partial charge in [-0.15, -0.1) is 0 Å². The topological polar surface area (TPSA) is 93.7 Å². The van der Waals surface area contributed by atoms with Crippen LogP contribution < -0.4 is 10.6 Å². The Morgan fingerprint density at radius 2 is 1.66 bits per heavy atom. The molecule has 0 radical (unpaired) electrons. The van der Waals surface area contributed by atoms with Gasteiger partial charge < -0.3 is 20.1 Å². The fourth-order valence-electron chi connectivity index (χ4n) is 3.61. The Morgan fingerprint density at radius 1 is 1.00 bits per heavy atom. The Kier molecular flexibility index (Phi) is 6.87. The molecule has 2 N–H and O–H groups in total. The highest BCUT2D eigenvalue weighted by atomic mass is 16.6. The molecule has 2 amide bonds. The average molecular weight is 439 g/mol. The number of hydrogen-bond donors (Lipinski definition) is 2. The maximum atomic E-state index is 12.8. The van der Waals surface area contributed by atoms with E-state index in [1.54, 1.807) is 32.9 Å². The van der Waals surface area contributed by atoms with E-state index in [0.29, 0.717) is 24.9 Å². The molecule has 0 aliphatic heterocycles. The fourth-order valence-corrected chi connectivity index (χ4v) is 3.61. The van der Waals surface area contributed by atoms with Gasteiger partial charge >= 0.3 is 12.1 Å². The SMILES string of the molecule is COC(=O)c1ccccc1-c1ccc(CNC(=O)C2(NC(=O)OC(C)(C)C)CCC2)cc1. The highest BCUT2D eigenvalue weighted by Crippen LogP contribution is 2.32. The summed E-state index contributed by atoms with van der Waals surface area (Å²) in [5.74, 6) is -0.602.